The van der Waals surface area contributed by atoms with E-state index in [0.29, 0.717) is 12.0 Å². The highest BCUT2D eigenvalue weighted by Crippen LogP contribution is 2.29. The Morgan fingerprint density at radius 2 is 1.50 bits per heavy atom. The van der Waals surface area contributed by atoms with Gasteiger partial charge in [0.15, 0.2) is 0 Å². The number of rotatable bonds is 6. The molecule has 3 heteroatoms. The highest BCUT2D eigenvalue weighted by atomic mass is 16.2. The molecule has 2 fully saturated rings. The summed E-state index contributed by atoms with van der Waals surface area (Å²) in [6, 6.07) is 21.4. The van der Waals surface area contributed by atoms with Gasteiger partial charge in [-0.3, -0.25) is 9.69 Å². The smallest absolute Gasteiger partial charge is 0.242 e. The summed E-state index contributed by atoms with van der Waals surface area (Å²) in [5, 5.41) is 3.35. The third-order valence-electron chi connectivity index (χ3n) is 6.45. The van der Waals surface area contributed by atoms with Crippen molar-refractivity contribution in [3.8, 4) is 0 Å². The second-order valence-corrected chi connectivity index (χ2v) is 8.47. The Kier molecular flexibility index (Phi) is 6.43. The number of amides is 1. The molecule has 0 bridgehead atoms. The first-order valence-electron chi connectivity index (χ1n) is 10.9. The van der Waals surface area contributed by atoms with Crippen molar-refractivity contribution < 1.29 is 4.79 Å². The van der Waals surface area contributed by atoms with Gasteiger partial charge in [-0.2, -0.15) is 0 Å². The molecule has 4 rings (SSSR count). The number of hydrogen-bond donors (Lipinski definition) is 1. The standard InChI is InChI=1S/C25H32N2O/c28-25(26-23-13-7-8-14-23)24(22-11-5-2-6-12-22)27-17-15-21(16-18-27)19-20-9-3-1-4-10-20/h1-6,9-12,21,23-24H,7-8,13-19H2,(H,26,28)/t24-/m0/s1. The number of nitrogens with zero attached hydrogens (tertiary/aromatic N) is 1. The number of carbonyl (C=O) groups is 1. The van der Waals surface area contributed by atoms with Crippen LogP contribution in [0.15, 0.2) is 60.7 Å². The summed E-state index contributed by atoms with van der Waals surface area (Å²) in [6.45, 7) is 1.99. The molecular weight excluding hydrogens is 344 g/mol. The van der Waals surface area contributed by atoms with Crippen LogP contribution in [0.4, 0.5) is 0 Å². The molecule has 0 radical (unpaired) electrons. The molecule has 1 N–H and O–H groups in total. The van der Waals surface area contributed by atoms with Crippen LogP contribution in [-0.2, 0) is 11.2 Å². The predicted octanol–water partition coefficient (Wildman–Crippen LogP) is 4.74. The van der Waals surface area contributed by atoms with Crippen LogP contribution in [0, 0.1) is 5.92 Å². The maximum Gasteiger partial charge on any atom is 0.242 e. The van der Waals surface area contributed by atoms with Crippen LogP contribution in [0.25, 0.3) is 0 Å². The fourth-order valence-corrected chi connectivity index (χ4v) is 4.88. The van der Waals surface area contributed by atoms with Gasteiger partial charge < -0.3 is 5.32 Å². The van der Waals surface area contributed by atoms with E-state index < -0.39 is 0 Å². The average molecular weight is 377 g/mol. The van der Waals surface area contributed by atoms with E-state index in [1.54, 1.807) is 0 Å². The first-order chi connectivity index (χ1) is 13.8. The van der Waals surface area contributed by atoms with Crippen molar-refractivity contribution >= 4 is 5.91 Å². The minimum Gasteiger partial charge on any atom is -0.352 e. The normalized spacial score (nSPS) is 20.1. The third kappa shape index (κ3) is 4.82. The van der Waals surface area contributed by atoms with Gasteiger partial charge in [0.05, 0.1) is 0 Å². The summed E-state index contributed by atoms with van der Waals surface area (Å²) in [5.41, 5.74) is 2.55. The van der Waals surface area contributed by atoms with Crippen molar-refractivity contribution in [2.75, 3.05) is 13.1 Å². The first-order valence-corrected chi connectivity index (χ1v) is 10.9. The molecule has 1 amide bonds. The van der Waals surface area contributed by atoms with Crippen LogP contribution in [0.5, 0.6) is 0 Å². The number of carbonyl (C=O) groups excluding carboxylic acids is 1. The van der Waals surface area contributed by atoms with Crippen molar-refractivity contribution in [1.82, 2.24) is 10.2 Å². The molecule has 1 saturated heterocycles. The van der Waals surface area contributed by atoms with Crippen LogP contribution < -0.4 is 5.32 Å². The summed E-state index contributed by atoms with van der Waals surface area (Å²) in [7, 11) is 0. The molecule has 2 aromatic rings. The quantitative estimate of drug-likeness (QED) is 0.790. The maximum absolute atomic E-state index is 13.2. The monoisotopic (exact) mass is 376 g/mol. The number of hydrogen-bond acceptors (Lipinski definition) is 2. The summed E-state index contributed by atoms with van der Waals surface area (Å²) < 4.78 is 0. The molecule has 3 nitrogen and oxygen atoms in total. The third-order valence-corrected chi connectivity index (χ3v) is 6.45. The Labute approximate surface area is 169 Å². The van der Waals surface area contributed by atoms with Gasteiger partial charge in [0.25, 0.3) is 0 Å². The molecule has 2 aromatic carbocycles. The molecule has 0 spiro atoms. The Morgan fingerprint density at radius 1 is 0.893 bits per heavy atom. The van der Waals surface area contributed by atoms with E-state index in [-0.39, 0.29) is 11.9 Å². The lowest BCUT2D eigenvalue weighted by Crippen LogP contribution is -2.46. The van der Waals surface area contributed by atoms with Crippen molar-refractivity contribution in [2.45, 2.75) is 57.0 Å². The zero-order valence-electron chi connectivity index (χ0n) is 16.7. The molecule has 2 aliphatic rings. The molecule has 0 unspecified atom stereocenters. The van der Waals surface area contributed by atoms with Crippen molar-refractivity contribution in [3.63, 3.8) is 0 Å². The lowest BCUT2D eigenvalue weighted by molar-refractivity contribution is -0.128. The number of piperidine rings is 1. The van der Waals surface area contributed by atoms with E-state index in [1.807, 2.05) is 18.2 Å². The van der Waals surface area contributed by atoms with Crippen LogP contribution >= 0.6 is 0 Å². The minimum atomic E-state index is -0.153. The fraction of sp³-hybridized carbons (Fsp3) is 0.480. The lowest BCUT2D eigenvalue weighted by atomic mass is 9.89. The Hall–Kier alpha value is -2.13. The largest absolute Gasteiger partial charge is 0.352 e. The number of likely N-dealkylation sites (tertiary alicyclic amines) is 1. The first kappa shape index (κ1) is 19.2. The van der Waals surface area contributed by atoms with E-state index in [1.165, 1.54) is 18.4 Å². The second-order valence-electron chi connectivity index (χ2n) is 8.47. The molecule has 148 valence electrons. The van der Waals surface area contributed by atoms with Gasteiger partial charge in [-0.1, -0.05) is 73.5 Å². The molecular formula is C25H32N2O. The Balaban J connectivity index is 1.41. The van der Waals surface area contributed by atoms with Crippen molar-refractivity contribution in [3.05, 3.63) is 71.8 Å². The van der Waals surface area contributed by atoms with Crippen LogP contribution in [0.2, 0.25) is 0 Å². The van der Waals surface area contributed by atoms with Crippen LogP contribution in [0.3, 0.4) is 0 Å². The average Bonchev–Trinajstić information content (AvgIpc) is 3.24. The van der Waals surface area contributed by atoms with Gasteiger partial charge in [0.2, 0.25) is 5.91 Å². The topological polar surface area (TPSA) is 32.3 Å². The van der Waals surface area contributed by atoms with Gasteiger partial charge in [0, 0.05) is 6.04 Å². The second kappa shape index (κ2) is 9.38. The molecule has 0 aromatic heterocycles. The fourth-order valence-electron chi connectivity index (χ4n) is 4.88. The summed E-state index contributed by atoms with van der Waals surface area (Å²) in [5.74, 6) is 0.910. The molecule has 28 heavy (non-hydrogen) atoms. The lowest BCUT2D eigenvalue weighted by Gasteiger charge is -2.37. The van der Waals surface area contributed by atoms with Gasteiger partial charge in [-0.25, -0.2) is 0 Å². The summed E-state index contributed by atoms with van der Waals surface area (Å²) in [4.78, 5) is 15.6. The highest BCUT2D eigenvalue weighted by molar-refractivity contribution is 5.83. The van der Waals surface area contributed by atoms with E-state index in [2.05, 4.69) is 52.7 Å². The molecule has 1 aliphatic carbocycles. The van der Waals surface area contributed by atoms with Gasteiger partial charge in [-0.05, 0) is 62.2 Å². The van der Waals surface area contributed by atoms with Gasteiger partial charge in [0.1, 0.15) is 6.04 Å². The zero-order chi connectivity index (χ0) is 19.2. The molecule has 1 heterocycles. The van der Waals surface area contributed by atoms with Gasteiger partial charge in [-0.15, -0.1) is 0 Å². The van der Waals surface area contributed by atoms with E-state index in [9.17, 15) is 4.79 Å². The van der Waals surface area contributed by atoms with E-state index in [4.69, 9.17) is 0 Å². The van der Waals surface area contributed by atoms with Crippen LogP contribution in [-0.4, -0.2) is 29.9 Å². The minimum absolute atomic E-state index is 0.153. The molecule has 1 saturated carbocycles. The summed E-state index contributed by atoms with van der Waals surface area (Å²) in [6.07, 6.45) is 8.22. The number of nitrogens with one attached hydrogen (secondary N) is 1. The molecule has 1 aliphatic heterocycles. The zero-order valence-corrected chi connectivity index (χ0v) is 16.7. The van der Waals surface area contributed by atoms with Crippen molar-refractivity contribution in [2.24, 2.45) is 5.92 Å². The summed E-state index contributed by atoms with van der Waals surface area (Å²) >= 11 is 0. The SMILES string of the molecule is O=C(NC1CCCC1)[C@H](c1ccccc1)N1CCC(Cc2ccccc2)CC1. The Morgan fingerprint density at radius 3 is 2.14 bits per heavy atom. The van der Waals surface area contributed by atoms with E-state index >= 15 is 0 Å². The van der Waals surface area contributed by atoms with Crippen LogP contribution in [0.1, 0.15) is 55.7 Å². The van der Waals surface area contributed by atoms with Crippen molar-refractivity contribution in [1.29, 1.82) is 0 Å². The predicted molar refractivity (Wildman–Crippen MR) is 114 cm³/mol. The highest BCUT2D eigenvalue weighted by Gasteiger charge is 2.32. The Bertz CT molecular complexity index is 732. The maximum atomic E-state index is 13.2. The van der Waals surface area contributed by atoms with Gasteiger partial charge >= 0.3 is 0 Å². The van der Waals surface area contributed by atoms with E-state index in [0.717, 1.165) is 50.8 Å². The molecule has 1 atom stereocenters. The number of benzene rings is 2.